The van der Waals surface area contributed by atoms with E-state index in [1.165, 1.54) is 12.3 Å². The van der Waals surface area contributed by atoms with Gasteiger partial charge in [0.25, 0.3) is 0 Å². The lowest BCUT2D eigenvalue weighted by Gasteiger charge is -2.19. The molecule has 0 atom stereocenters. The summed E-state index contributed by atoms with van der Waals surface area (Å²) in [5.74, 6) is -0.274. The standard InChI is InChI=1S/C13H18N2O4S/c1-10-8-11(4-5-12(16)17)9-14-13(10)15(2)6-7-20(3,18)19/h4-5,8-9H,6-7H2,1-3H3,(H,16,17)/b5-4+. The number of nitrogens with zero attached hydrogens (tertiary/aromatic N) is 2. The Morgan fingerprint density at radius 2 is 2.15 bits per heavy atom. The fraction of sp³-hybridized carbons (Fsp3) is 0.385. The highest BCUT2D eigenvalue weighted by atomic mass is 32.2. The molecule has 1 rings (SSSR count). The van der Waals surface area contributed by atoms with Crippen LogP contribution >= 0.6 is 0 Å². The van der Waals surface area contributed by atoms with E-state index >= 15 is 0 Å². The van der Waals surface area contributed by atoms with Crippen molar-refractivity contribution in [2.24, 2.45) is 0 Å². The van der Waals surface area contributed by atoms with E-state index in [1.54, 1.807) is 24.2 Å². The van der Waals surface area contributed by atoms with Crippen LogP contribution in [0.2, 0.25) is 0 Å². The van der Waals surface area contributed by atoms with Gasteiger partial charge in [0.1, 0.15) is 15.7 Å². The summed E-state index contributed by atoms with van der Waals surface area (Å²) < 4.78 is 22.3. The topological polar surface area (TPSA) is 87.6 Å². The third-order valence-corrected chi connectivity index (χ3v) is 3.57. The minimum Gasteiger partial charge on any atom is -0.478 e. The Morgan fingerprint density at radius 1 is 1.50 bits per heavy atom. The normalized spacial score (nSPS) is 11.8. The molecule has 7 heteroatoms. The molecule has 0 radical (unpaired) electrons. The molecule has 0 saturated carbocycles. The van der Waals surface area contributed by atoms with E-state index in [2.05, 4.69) is 4.98 Å². The maximum absolute atomic E-state index is 11.1. The summed E-state index contributed by atoms with van der Waals surface area (Å²) in [6.45, 7) is 2.20. The van der Waals surface area contributed by atoms with Crippen LogP contribution in [0.5, 0.6) is 0 Å². The van der Waals surface area contributed by atoms with E-state index in [-0.39, 0.29) is 5.75 Å². The number of anilines is 1. The van der Waals surface area contributed by atoms with Crippen molar-refractivity contribution < 1.29 is 18.3 Å². The van der Waals surface area contributed by atoms with Crippen LogP contribution in [0.3, 0.4) is 0 Å². The second-order valence-electron chi connectivity index (χ2n) is 4.63. The lowest BCUT2D eigenvalue weighted by atomic mass is 10.2. The van der Waals surface area contributed by atoms with Gasteiger partial charge in [-0.3, -0.25) is 0 Å². The molecule has 0 amide bonds. The number of pyridine rings is 1. The predicted octanol–water partition coefficient (Wildman–Crippen LogP) is 0.969. The molecule has 0 bridgehead atoms. The van der Waals surface area contributed by atoms with Crippen molar-refractivity contribution in [3.8, 4) is 0 Å². The van der Waals surface area contributed by atoms with Crippen LogP contribution in [0.4, 0.5) is 5.82 Å². The molecule has 6 nitrogen and oxygen atoms in total. The molecule has 20 heavy (non-hydrogen) atoms. The highest BCUT2D eigenvalue weighted by Crippen LogP contribution is 2.17. The van der Waals surface area contributed by atoms with Crippen molar-refractivity contribution in [3.05, 3.63) is 29.5 Å². The Morgan fingerprint density at radius 3 is 2.65 bits per heavy atom. The monoisotopic (exact) mass is 298 g/mol. The van der Waals surface area contributed by atoms with E-state index in [4.69, 9.17) is 5.11 Å². The third-order valence-electron chi connectivity index (χ3n) is 2.65. The first-order valence-corrected chi connectivity index (χ1v) is 8.01. The molecule has 0 spiro atoms. The van der Waals surface area contributed by atoms with Crippen LogP contribution in [0.1, 0.15) is 11.1 Å². The molecular weight excluding hydrogens is 280 g/mol. The predicted molar refractivity (Wildman–Crippen MR) is 78.6 cm³/mol. The lowest BCUT2D eigenvalue weighted by Crippen LogP contribution is -2.26. The van der Waals surface area contributed by atoms with Gasteiger partial charge >= 0.3 is 5.97 Å². The number of aryl methyl sites for hydroxylation is 1. The quantitative estimate of drug-likeness (QED) is 0.787. The average Bonchev–Trinajstić information content (AvgIpc) is 2.32. The molecule has 110 valence electrons. The van der Waals surface area contributed by atoms with Crippen molar-refractivity contribution in [3.63, 3.8) is 0 Å². The highest BCUT2D eigenvalue weighted by Gasteiger charge is 2.10. The second kappa shape index (κ2) is 6.51. The summed E-state index contributed by atoms with van der Waals surface area (Å²) >= 11 is 0. The van der Waals surface area contributed by atoms with Gasteiger partial charge in [-0.25, -0.2) is 18.2 Å². The Hall–Kier alpha value is -1.89. The fourth-order valence-electron chi connectivity index (χ4n) is 1.66. The van der Waals surface area contributed by atoms with E-state index < -0.39 is 15.8 Å². The highest BCUT2D eigenvalue weighted by molar-refractivity contribution is 7.90. The molecule has 1 heterocycles. The number of hydrogen-bond acceptors (Lipinski definition) is 5. The molecule has 0 aliphatic heterocycles. The Bertz CT molecular complexity index is 623. The molecular formula is C13H18N2O4S. The van der Waals surface area contributed by atoms with Crippen LogP contribution in [-0.4, -0.2) is 50.1 Å². The maximum atomic E-state index is 11.1. The zero-order valence-electron chi connectivity index (χ0n) is 11.7. The van der Waals surface area contributed by atoms with E-state index in [0.29, 0.717) is 17.9 Å². The first-order valence-electron chi connectivity index (χ1n) is 5.95. The smallest absolute Gasteiger partial charge is 0.328 e. The van der Waals surface area contributed by atoms with Gasteiger partial charge in [0.05, 0.1) is 5.75 Å². The molecule has 0 aliphatic carbocycles. The number of aromatic nitrogens is 1. The first kappa shape index (κ1) is 16.2. The number of hydrogen-bond donors (Lipinski definition) is 1. The van der Waals surface area contributed by atoms with Gasteiger partial charge in [0.2, 0.25) is 0 Å². The Kier molecular flexibility index (Phi) is 5.26. The zero-order chi connectivity index (χ0) is 15.3. The number of carboxylic acid groups (broad SMARTS) is 1. The summed E-state index contributed by atoms with van der Waals surface area (Å²) in [5, 5.41) is 8.56. The van der Waals surface area contributed by atoms with Crippen LogP contribution < -0.4 is 4.90 Å². The maximum Gasteiger partial charge on any atom is 0.328 e. The van der Waals surface area contributed by atoms with Gasteiger partial charge < -0.3 is 10.0 Å². The van der Waals surface area contributed by atoms with Crippen LogP contribution in [0, 0.1) is 6.92 Å². The summed E-state index contributed by atoms with van der Waals surface area (Å²) in [7, 11) is -1.24. The molecule has 0 aromatic carbocycles. The number of aliphatic carboxylic acids is 1. The lowest BCUT2D eigenvalue weighted by molar-refractivity contribution is -0.131. The van der Waals surface area contributed by atoms with Crippen molar-refractivity contribution >= 4 is 27.7 Å². The second-order valence-corrected chi connectivity index (χ2v) is 6.89. The molecule has 1 aromatic heterocycles. The summed E-state index contributed by atoms with van der Waals surface area (Å²) in [6.07, 6.45) is 5.26. The molecule has 0 fully saturated rings. The van der Waals surface area contributed by atoms with E-state index in [0.717, 1.165) is 11.6 Å². The van der Waals surface area contributed by atoms with Crippen molar-refractivity contribution in [2.45, 2.75) is 6.92 Å². The van der Waals surface area contributed by atoms with E-state index in [9.17, 15) is 13.2 Å². The van der Waals surface area contributed by atoms with Crippen molar-refractivity contribution in [2.75, 3.05) is 30.5 Å². The van der Waals surface area contributed by atoms with Gasteiger partial charge in [-0.2, -0.15) is 0 Å². The van der Waals surface area contributed by atoms with Crippen LogP contribution in [0.25, 0.3) is 6.08 Å². The van der Waals surface area contributed by atoms with Gasteiger partial charge in [-0.15, -0.1) is 0 Å². The van der Waals surface area contributed by atoms with Gasteiger partial charge in [-0.05, 0) is 30.2 Å². The largest absolute Gasteiger partial charge is 0.478 e. The van der Waals surface area contributed by atoms with Gasteiger partial charge in [0.15, 0.2) is 0 Å². The molecule has 0 unspecified atom stereocenters. The molecule has 1 aromatic rings. The van der Waals surface area contributed by atoms with Gasteiger partial charge in [0, 0.05) is 32.1 Å². The zero-order valence-corrected chi connectivity index (χ0v) is 12.5. The van der Waals surface area contributed by atoms with E-state index in [1.807, 2.05) is 6.92 Å². The van der Waals surface area contributed by atoms with Gasteiger partial charge in [-0.1, -0.05) is 0 Å². The summed E-state index contributed by atoms with van der Waals surface area (Å²) in [6, 6.07) is 1.80. The Balaban J connectivity index is 2.84. The summed E-state index contributed by atoms with van der Waals surface area (Å²) in [4.78, 5) is 16.4. The minimum absolute atomic E-state index is 0.0608. The molecule has 1 N–H and O–H groups in total. The Labute approximate surface area is 118 Å². The first-order chi connectivity index (χ1) is 9.19. The van der Waals surface area contributed by atoms with Crippen molar-refractivity contribution in [1.29, 1.82) is 0 Å². The van der Waals surface area contributed by atoms with Crippen LogP contribution in [-0.2, 0) is 14.6 Å². The molecule has 0 aliphatic rings. The number of carboxylic acids is 1. The number of carbonyl (C=O) groups is 1. The third kappa shape index (κ3) is 5.40. The molecule has 0 saturated heterocycles. The number of rotatable bonds is 6. The fourth-order valence-corrected chi connectivity index (χ4v) is 2.26. The number of sulfone groups is 1. The SMILES string of the molecule is Cc1cc(/C=C/C(=O)O)cnc1N(C)CCS(C)(=O)=O. The minimum atomic E-state index is -3.01. The van der Waals surface area contributed by atoms with Crippen LogP contribution in [0.15, 0.2) is 18.3 Å². The van der Waals surface area contributed by atoms with Crippen molar-refractivity contribution in [1.82, 2.24) is 4.98 Å². The summed E-state index contributed by atoms with van der Waals surface area (Å²) in [5.41, 5.74) is 1.54. The average molecular weight is 298 g/mol.